The van der Waals surface area contributed by atoms with Crippen LogP contribution in [0.4, 0.5) is 5.69 Å². The third-order valence-corrected chi connectivity index (χ3v) is 6.04. The SMILES string of the molecule is Cc1cccc2c1c(O)c(C(=O)Nc1cccnc1S(N)(=O)=O)c(=O)n2Cc1ccccc1. The van der Waals surface area contributed by atoms with Gasteiger partial charge < -0.3 is 15.0 Å². The molecule has 2 heterocycles. The van der Waals surface area contributed by atoms with E-state index in [9.17, 15) is 23.1 Å². The summed E-state index contributed by atoms with van der Waals surface area (Å²) in [5.74, 6) is -1.47. The zero-order valence-corrected chi connectivity index (χ0v) is 18.3. The second-order valence-electron chi connectivity index (χ2n) is 7.42. The third kappa shape index (κ3) is 4.21. The number of carbonyl (C=O) groups is 1. The lowest BCUT2D eigenvalue weighted by atomic mass is 10.0. The van der Waals surface area contributed by atoms with Crippen LogP contribution in [0.3, 0.4) is 0 Å². The number of benzene rings is 2. The quantitative estimate of drug-likeness (QED) is 0.413. The molecule has 0 unspecified atom stereocenters. The molecule has 0 atom stereocenters. The Morgan fingerprint density at radius 2 is 1.82 bits per heavy atom. The number of pyridine rings is 2. The van der Waals surface area contributed by atoms with Gasteiger partial charge in [0.15, 0.2) is 5.03 Å². The molecule has 2 aromatic heterocycles. The Morgan fingerprint density at radius 1 is 1.09 bits per heavy atom. The summed E-state index contributed by atoms with van der Waals surface area (Å²) in [5, 5.41) is 18.3. The van der Waals surface area contributed by atoms with E-state index in [1.54, 1.807) is 25.1 Å². The number of hydrogen-bond donors (Lipinski definition) is 3. The molecule has 4 N–H and O–H groups in total. The van der Waals surface area contributed by atoms with Gasteiger partial charge in [-0.15, -0.1) is 0 Å². The fourth-order valence-corrected chi connectivity index (χ4v) is 4.31. The molecule has 168 valence electrons. The van der Waals surface area contributed by atoms with E-state index in [2.05, 4.69) is 10.3 Å². The van der Waals surface area contributed by atoms with Crippen LogP contribution in [0.5, 0.6) is 5.75 Å². The summed E-state index contributed by atoms with van der Waals surface area (Å²) >= 11 is 0. The lowest BCUT2D eigenvalue weighted by molar-refractivity contribution is 0.102. The highest BCUT2D eigenvalue weighted by Crippen LogP contribution is 2.30. The second-order valence-corrected chi connectivity index (χ2v) is 8.90. The fourth-order valence-electron chi connectivity index (χ4n) is 3.68. The van der Waals surface area contributed by atoms with Crippen LogP contribution in [0.2, 0.25) is 0 Å². The Balaban J connectivity index is 1.91. The number of aryl methyl sites for hydroxylation is 1. The number of primary sulfonamides is 1. The Bertz CT molecular complexity index is 1550. The van der Waals surface area contributed by atoms with Crippen LogP contribution in [0.1, 0.15) is 21.5 Å². The first-order valence-corrected chi connectivity index (χ1v) is 11.4. The minimum Gasteiger partial charge on any atom is -0.506 e. The fraction of sp³-hybridized carbons (Fsp3) is 0.0870. The second kappa shape index (κ2) is 8.49. The average Bonchev–Trinajstić information content (AvgIpc) is 2.77. The summed E-state index contributed by atoms with van der Waals surface area (Å²) < 4.78 is 25.1. The Morgan fingerprint density at radius 3 is 2.52 bits per heavy atom. The number of nitrogens with two attached hydrogens (primary N) is 1. The van der Waals surface area contributed by atoms with Crippen molar-refractivity contribution >= 4 is 32.5 Å². The number of fused-ring (bicyclic) bond motifs is 1. The van der Waals surface area contributed by atoms with Gasteiger partial charge in [0.05, 0.1) is 17.7 Å². The maximum Gasteiger partial charge on any atom is 0.268 e. The highest BCUT2D eigenvalue weighted by Gasteiger charge is 2.25. The van der Waals surface area contributed by atoms with Crippen molar-refractivity contribution < 1.29 is 18.3 Å². The monoisotopic (exact) mass is 464 g/mol. The molecule has 1 amide bonds. The van der Waals surface area contributed by atoms with Crippen LogP contribution in [0.15, 0.2) is 76.7 Å². The Labute approximate surface area is 189 Å². The van der Waals surface area contributed by atoms with E-state index < -0.39 is 37.8 Å². The number of sulfonamides is 1. The van der Waals surface area contributed by atoms with Gasteiger partial charge in [0.25, 0.3) is 21.5 Å². The van der Waals surface area contributed by atoms with E-state index in [4.69, 9.17) is 5.14 Å². The molecule has 0 radical (unpaired) electrons. The van der Waals surface area contributed by atoms with Crippen LogP contribution in [0.25, 0.3) is 10.9 Å². The minimum atomic E-state index is -4.24. The third-order valence-electron chi connectivity index (χ3n) is 5.17. The summed E-state index contributed by atoms with van der Waals surface area (Å²) in [4.78, 5) is 30.3. The predicted molar refractivity (Wildman–Crippen MR) is 124 cm³/mol. The lowest BCUT2D eigenvalue weighted by Gasteiger charge is -2.17. The van der Waals surface area contributed by atoms with Crippen molar-refractivity contribution in [3.8, 4) is 5.75 Å². The summed E-state index contributed by atoms with van der Waals surface area (Å²) in [6.45, 7) is 1.91. The summed E-state index contributed by atoms with van der Waals surface area (Å²) in [6.07, 6.45) is 1.21. The van der Waals surface area contributed by atoms with Gasteiger partial charge in [-0.25, -0.2) is 18.5 Å². The molecule has 0 aliphatic rings. The molecular weight excluding hydrogens is 444 g/mol. The van der Waals surface area contributed by atoms with Gasteiger partial charge in [-0.2, -0.15) is 0 Å². The molecular formula is C23H20N4O5S. The molecule has 0 spiro atoms. The van der Waals surface area contributed by atoms with E-state index in [1.165, 1.54) is 22.9 Å². The van der Waals surface area contributed by atoms with Crippen molar-refractivity contribution in [2.75, 3.05) is 5.32 Å². The number of rotatable bonds is 5. The molecule has 9 nitrogen and oxygen atoms in total. The zero-order valence-electron chi connectivity index (χ0n) is 17.5. The lowest BCUT2D eigenvalue weighted by Crippen LogP contribution is -2.31. The Kier molecular flexibility index (Phi) is 5.71. The van der Waals surface area contributed by atoms with Crippen LogP contribution < -0.4 is 16.0 Å². The molecule has 0 saturated carbocycles. The first-order valence-electron chi connectivity index (χ1n) is 9.86. The largest absolute Gasteiger partial charge is 0.506 e. The smallest absolute Gasteiger partial charge is 0.268 e. The number of nitrogens with zero attached hydrogens (tertiary/aromatic N) is 2. The maximum atomic E-state index is 13.4. The number of aromatic hydroxyl groups is 1. The molecule has 0 aliphatic heterocycles. The number of nitrogens with one attached hydrogen (secondary N) is 1. The van der Waals surface area contributed by atoms with E-state index in [0.717, 1.165) is 5.56 Å². The van der Waals surface area contributed by atoms with Crippen molar-refractivity contribution in [1.29, 1.82) is 0 Å². The van der Waals surface area contributed by atoms with Crippen molar-refractivity contribution in [1.82, 2.24) is 9.55 Å². The van der Waals surface area contributed by atoms with Gasteiger partial charge in [0.2, 0.25) is 0 Å². The van der Waals surface area contributed by atoms with Crippen molar-refractivity contribution in [2.24, 2.45) is 5.14 Å². The van der Waals surface area contributed by atoms with Gasteiger partial charge in [-0.3, -0.25) is 9.59 Å². The van der Waals surface area contributed by atoms with E-state index in [-0.39, 0.29) is 12.2 Å². The van der Waals surface area contributed by atoms with Gasteiger partial charge in [0, 0.05) is 11.6 Å². The minimum absolute atomic E-state index is 0.162. The summed E-state index contributed by atoms with van der Waals surface area (Å²) in [6, 6.07) is 17.1. The van der Waals surface area contributed by atoms with Crippen molar-refractivity contribution in [3.05, 3.63) is 93.9 Å². The number of hydrogen-bond acceptors (Lipinski definition) is 6. The number of amides is 1. The number of aromatic nitrogens is 2. The maximum absolute atomic E-state index is 13.4. The summed E-state index contributed by atoms with van der Waals surface area (Å²) in [5.41, 5.74) is 0.494. The van der Waals surface area contributed by atoms with E-state index >= 15 is 0 Å². The molecule has 0 bridgehead atoms. The standard InChI is InChI=1S/C23H20N4O5S/c1-14-7-5-11-17-18(14)20(28)19(23(30)27(17)13-15-8-3-2-4-9-15)21(29)26-16-10-6-12-25-22(16)33(24,31)32/h2-12,28H,13H2,1H3,(H,26,29)(H2,24,31,32). The molecule has 0 fully saturated rings. The molecule has 0 saturated heterocycles. The normalized spacial score (nSPS) is 11.5. The molecule has 33 heavy (non-hydrogen) atoms. The first-order chi connectivity index (χ1) is 15.7. The van der Waals surface area contributed by atoms with Crippen LogP contribution in [0, 0.1) is 6.92 Å². The van der Waals surface area contributed by atoms with E-state index in [0.29, 0.717) is 16.5 Å². The summed E-state index contributed by atoms with van der Waals surface area (Å²) in [7, 11) is -4.24. The van der Waals surface area contributed by atoms with Crippen molar-refractivity contribution in [3.63, 3.8) is 0 Å². The zero-order chi connectivity index (χ0) is 23.8. The van der Waals surface area contributed by atoms with Crippen molar-refractivity contribution in [2.45, 2.75) is 18.5 Å². The van der Waals surface area contributed by atoms with Gasteiger partial charge in [0.1, 0.15) is 11.3 Å². The molecule has 10 heteroatoms. The topological polar surface area (TPSA) is 144 Å². The molecule has 4 rings (SSSR count). The first kappa shape index (κ1) is 22.2. The van der Waals surface area contributed by atoms with Gasteiger partial charge in [-0.05, 0) is 36.2 Å². The highest BCUT2D eigenvalue weighted by molar-refractivity contribution is 7.89. The molecule has 2 aromatic carbocycles. The molecule has 0 aliphatic carbocycles. The average molecular weight is 465 g/mol. The van der Waals surface area contributed by atoms with Crippen LogP contribution in [-0.4, -0.2) is 29.0 Å². The van der Waals surface area contributed by atoms with Crippen LogP contribution in [-0.2, 0) is 16.6 Å². The number of carbonyl (C=O) groups excluding carboxylic acids is 1. The molecule has 4 aromatic rings. The number of anilines is 1. The highest BCUT2D eigenvalue weighted by atomic mass is 32.2. The van der Waals surface area contributed by atoms with Gasteiger partial charge >= 0.3 is 0 Å². The van der Waals surface area contributed by atoms with Crippen LogP contribution >= 0.6 is 0 Å². The van der Waals surface area contributed by atoms with Gasteiger partial charge in [-0.1, -0.05) is 42.5 Å². The van der Waals surface area contributed by atoms with E-state index in [1.807, 2.05) is 30.3 Å². The predicted octanol–water partition coefficient (Wildman–Crippen LogP) is 2.36. The Hall–Kier alpha value is -4.02.